The molecule has 5 rings (SSSR count). The molecule has 0 bridgehead atoms. The molecule has 0 saturated heterocycles. The van der Waals surface area contributed by atoms with Crippen LogP contribution in [-0.2, 0) is 17.6 Å². The van der Waals surface area contributed by atoms with Crippen molar-refractivity contribution in [3.8, 4) is 0 Å². The lowest BCUT2D eigenvalue weighted by Gasteiger charge is -2.15. The van der Waals surface area contributed by atoms with Crippen LogP contribution in [0.4, 0.5) is 0 Å². The summed E-state index contributed by atoms with van der Waals surface area (Å²) in [6.07, 6.45) is 5.64. The van der Waals surface area contributed by atoms with Crippen molar-refractivity contribution in [2.75, 3.05) is 6.61 Å². The number of H-pyrrole nitrogens is 1. The van der Waals surface area contributed by atoms with Gasteiger partial charge in [0.1, 0.15) is 0 Å². The summed E-state index contributed by atoms with van der Waals surface area (Å²) in [5.74, 6) is -0.731. The number of aromatic amines is 1. The molecule has 2 heterocycles. The third-order valence-corrected chi connectivity index (χ3v) is 5.41. The number of rotatable bonds is 3. The Morgan fingerprint density at radius 3 is 2.89 bits per heavy atom. The first-order valence-electron chi connectivity index (χ1n) is 9.47. The number of para-hydroxylation sites is 1. The molecule has 0 unspecified atom stereocenters. The number of ether oxygens (including phenoxy) is 1. The molecule has 2 aromatic heterocycles. The van der Waals surface area contributed by atoms with E-state index in [2.05, 4.69) is 16.0 Å². The summed E-state index contributed by atoms with van der Waals surface area (Å²) in [5.41, 5.74) is 5.14. The maximum atomic E-state index is 13.0. The number of nitrogens with one attached hydrogen (secondary N) is 1. The summed E-state index contributed by atoms with van der Waals surface area (Å²) in [4.78, 5) is 32.5. The largest absolute Gasteiger partial charge is 0.452 e. The van der Waals surface area contributed by atoms with Gasteiger partial charge in [-0.1, -0.05) is 18.2 Å². The van der Waals surface area contributed by atoms with Crippen LogP contribution in [-0.4, -0.2) is 33.0 Å². The molecule has 0 spiro atoms. The van der Waals surface area contributed by atoms with Gasteiger partial charge in [0.2, 0.25) is 0 Å². The summed E-state index contributed by atoms with van der Waals surface area (Å²) in [7, 11) is 0. The van der Waals surface area contributed by atoms with Crippen LogP contribution < -0.4 is 0 Å². The van der Waals surface area contributed by atoms with Crippen molar-refractivity contribution in [1.29, 1.82) is 0 Å². The fourth-order valence-electron chi connectivity index (χ4n) is 4.12. The summed E-state index contributed by atoms with van der Waals surface area (Å²) < 4.78 is 7.08. The van der Waals surface area contributed by atoms with Crippen LogP contribution in [0.15, 0.2) is 48.8 Å². The van der Waals surface area contributed by atoms with Gasteiger partial charge in [0.25, 0.3) is 5.91 Å². The minimum Gasteiger partial charge on any atom is -0.452 e. The van der Waals surface area contributed by atoms with Crippen LogP contribution in [0.5, 0.6) is 0 Å². The van der Waals surface area contributed by atoms with Crippen molar-refractivity contribution >= 4 is 33.8 Å². The Morgan fingerprint density at radius 1 is 1.11 bits per heavy atom. The number of aryl methyl sites for hydroxylation is 1. The highest BCUT2D eigenvalue weighted by molar-refractivity contribution is 5.99. The van der Waals surface area contributed by atoms with E-state index in [1.807, 2.05) is 18.2 Å². The lowest BCUT2D eigenvalue weighted by atomic mass is 9.95. The molecule has 1 N–H and O–H groups in total. The zero-order valence-electron chi connectivity index (χ0n) is 15.3. The van der Waals surface area contributed by atoms with Gasteiger partial charge in [-0.25, -0.2) is 9.78 Å². The van der Waals surface area contributed by atoms with Gasteiger partial charge in [-0.2, -0.15) is 0 Å². The van der Waals surface area contributed by atoms with Gasteiger partial charge in [0.15, 0.2) is 6.61 Å². The van der Waals surface area contributed by atoms with E-state index in [0.717, 1.165) is 53.3 Å². The molecule has 0 amide bonds. The highest BCUT2D eigenvalue weighted by Crippen LogP contribution is 2.32. The molecule has 140 valence electrons. The van der Waals surface area contributed by atoms with Crippen molar-refractivity contribution in [3.05, 3.63) is 65.6 Å². The Bertz CT molecular complexity index is 1220. The first kappa shape index (κ1) is 16.7. The number of hydrogen-bond acceptors (Lipinski definition) is 4. The fraction of sp³-hybridized carbons (Fsp3) is 0.227. The fourth-order valence-corrected chi connectivity index (χ4v) is 4.12. The van der Waals surface area contributed by atoms with Crippen molar-refractivity contribution < 1.29 is 14.3 Å². The van der Waals surface area contributed by atoms with Crippen LogP contribution in [0.25, 0.3) is 21.9 Å². The average Bonchev–Trinajstić information content (AvgIpc) is 3.33. The average molecular weight is 373 g/mol. The third-order valence-electron chi connectivity index (χ3n) is 5.41. The number of carbonyl (C=O) groups excluding carboxylic acids is 2. The molecule has 28 heavy (non-hydrogen) atoms. The zero-order valence-corrected chi connectivity index (χ0v) is 15.3. The van der Waals surface area contributed by atoms with Gasteiger partial charge in [-0.3, -0.25) is 9.36 Å². The molecule has 4 aromatic rings. The van der Waals surface area contributed by atoms with E-state index >= 15 is 0 Å². The molecule has 0 fully saturated rings. The number of aromatic nitrogens is 3. The van der Waals surface area contributed by atoms with Crippen LogP contribution in [0, 0.1) is 0 Å². The summed E-state index contributed by atoms with van der Waals surface area (Å²) in [5, 5.41) is 1.13. The summed E-state index contributed by atoms with van der Waals surface area (Å²) in [6.45, 7) is -0.287. The summed E-state index contributed by atoms with van der Waals surface area (Å²) in [6, 6.07) is 13.0. The minimum atomic E-state index is -0.518. The van der Waals surface area contributed by atoms with Gasteiger partial charge in [-0.05, 0) is 55.5 Å². The van der Waals surface area contributed by atoms with E-state index in [0.29, 0.717) is 5.56 Å². The predicted octanol–water partition coefficient (Wildman–Crippen LogP) is 3.89. The molecule has 0 radical (unpaired) electrons. The number of nitrogens with zero attached hydrogens (tertiary/aromatic N) is 2. The van der Waals surface area contributed by atoms with Crippen LogP contribution in [0.3, 0.4) is 0 Å². The molecular weight excluding hydrogens is 354 g/mol. The zero-order chi connectivity index (χ0) is 19.1. The van der Waals surface area contributed by atoms with Gasteiger partial charge >= 0.3 is 5.97 Å². The molecule has 0 atom stereocenters. The van der Waals surface area contributed by atoms with Crippen LogP contribution >= 0.6 is 0 Å². The highest BCUT2D eigenvalue weighted by Gasteiger charge is 2.24. The minimum absolute atomic E-state index is 0.213. The monoisotopic (exact) mass is 373 g/mol. The Kier molecular flexibility index (Phi) is 3.97. The van der Waals surface area contributed by atoms with Crippen molar-refractivity contribution in [3.63, 3.8) is 0 Å². The van der Waals surface area contributed by atoms with E-state index < -0.39 is 5.97 Å². The van der Waals surface area contributed by atoms with Crippen molar-refractivity contribution in [1.82, 2.24) is 14.5 Å². The second kappa shape index (κ2) is 6.64. The Balaban J connectivity index is 1.40. The Hall–Kier alpha value is -3.41. The van der Waals surface area contributed by atoms with E-state index in [9.17, 15) is 9.59 Å². The summed E-state index contributed by atoms with van der Waals surface area (Å²) >= 11 is 0. The molecule has 0 saturated carbocycles. The maximum absolute atomic E-state index is 13.0. The predicted molar refractivity (Wildman–Crippen MR) is 106 cm³/mol. The Labute approximate surface area is 161 Å². The lowest BCUT2D eigenvalue weighted by Crippen LogP contribution is -2.22. The smallest absolute Gasteiger partial charge is 0.338 e. The van der Waals surface area contributed by atoms with Crippen molar-refractivity contribution in [2.24, 2.45) is 0 Å². The Morgan fingerprint density at radius 2 is 1.96 bits per heavy atom. The number of carbonyl (C=O) groups is 2. The molecule has 6 nitrogen and oxygen atoms in total. The molecule has 1 aliphatic rings. The number of imidazole rings is 1. The molecule has 0 aliphatic heterocycles. The van der Waals surface area contributed by atoms with Crippen molar-refractivity contribution in [2.45, 2.75) is 25.7 Å². The second-order valence-electron chi connectivity index (χ2n) is 7.09. The van der Waals surface area contributed by atoms with Gasteiger partial charge in [0.05, 0.1) is 28.4 Å². The van der Waals surface area contributed by atoms with E-state index in [1.54, 1.807) is 29.1 Å². The second-order valence-corrected chi connectivity index (χ2v) is 7.09. The first-order chi connectivity index (χ1) is 13.7. The molecule has 6 heteroatoms. The van der Waals surface area contributed by atoms with Crippen LogP contribution in [0.2, 0.25) is 0 Å². The molecule has 2 aromatic carbocycles. The molecule has 1 aliphatic carbocycles. The SMILES string of the molecule is O=C(OCC(=O)n1c2c(c3ccccc31)CCCC2)c1ccc2nc[nH]c2c1. The topological polar surface area (TPSA) is 77.0 Å². The third kappa shape index (κ3) is 2.69. The number of esters is 1. The van der Waals surface area contributed by atoms with Gasteiger partial charge in [-0.15, -0.1) is 0 Å². The van der Waals surface area contributed by atoms with Gasteiger partial charge in [0, 0.05) is 11.1 Å². The van der Waals surface area contributed by atoms with E-state index in [4.69, 9.17) is 4.74 Å². The standard InChI is InChI=1S/C22H19N3O3/c26-21(12-28-22(27)14-9-10-17-18(11-14)24-13-23-17)25-19-7-3-1-5-15(19)16-6-2-4-8-20(16)25/h1,3,5,7,9-11,13H,2,4,6,8,12H2,(H,23,24). The lowest BCUT2D eigenvalue weighted by molar-refractivity contribution is 0.0449. The highest BCUT2D eigenvalue weighted by atomic mass is 16.5. The van der Waals surface area contributed by atoms with Gasteiger partial charge < -0.3 is 9.72 Å². The number of hydrogen-bond donors (Lipinski definition) is 1. The first-order valence-corrected chi connectivity index (χ1v) is 9.47. The quantitative estimate of drug-likeness (QED) is 0.553. The number of fused-ring (bicyclic) bond motifs is 4. The number of benzene rings is 2. The molecular formula is C22H19N3O3. The van der Waals surface area contributed by atoms with Crippen LogP contribution in [0.1, 0.15) is 39.3 Å². The maximum Gasteiger partial charge on any atom is 0.338 e. The van der Waals surface area contributed by atoms with E-state index in [1.165, 1.54) is 5.56 Å². The van der Waals surface area contributed by atoms with E-state index in [-0.39, 0.29) is 12.5 Å². The normalized spacial score (nSPS) is 13.6.